The maximum atomic E-state index is 11.8. The molecule has 1 heterocycles. The van der Waals surface area contributed by atoms with Crippen molar-refractivity contribution < 1.29 is 19.1 Å². The van der Waals surface area contributed by atoms with Crippen LogP contribution in [-0.4, -0.2) is 24.4 Å². The van der Waals surface area contributed by atoms with Crippen molar-refractivity contribution in [2.24, 2.45) is 0 Å². The van der Waals surface area contributed by atoms with Gasteiger partial charge in [0.2, 0.25) is 0 Å². The van der Waals surface area contributed by atoms with Gasteiger partial charge in [0.05, 0.1) is 4.91 Å². The molecule has 1 saturated heterocycles. The van der Waals surface area contributed by atoms with E-state index in [1.165, 1.54) is 5.56 Å². The quantitative estimate of drug-likeness (QED) is 0.389. The molecule has 2 aromatic rings. The van der Waals surface area contributed by atoms with E-state index in [1.807, 2.05) is 30.3 Å². The molecule has 0 spiro atoms. The standard InChI is InChI=1S/C22H22BrNO4S/c1-3-14(2)15-4-7-18(8-5-15)27-10-11-28-19-9-6-17(23)12-16(19)13-20-21(25)24-22(26)29-20/h4-9,12-14H,3,10-11H2,1-2H3,(H,24,25,26)/b20-13+/t14-/m0/s1. The zero-order valence-corrected chi connectivity index (χ0v) is 18.6. The highest BCUT2D eigenvalue weighted by Crippen LogP contribution is 2.31. The summed E-state index contributed by atoms with van der Waals surface area (Å²) in [6.07, 6.45) is 2.76. The molecule has 7 heteroatoms. The van der Waals surface area contributed by atoms with E-state index in [9.17, 15) is 9.59 Å². The van der Waals surface area contributed by atoms with Crippen LogP contribution in [0.1, 0.15) is 37.3 Å². The van der Waals surface area contributed by atoms with Gasteiger partial charge in [0.1, 0.15) is 24.7 Å². The highest BCUT2D eigenvalue weighted by Gasteiger charge is 2.25. The molecule has 1 aliphatic rings. The van der Waals surface area contributed by atoms with Crippen LogP contribution >= 0.6 is 27.7 Å². The number of carbonyl (C=O) groups is 2. The number of nitrogens with one attached hydrogen (secondary N) is 1. The average Bonchev–Trinajstić information content (AvgIpc) is 3.03. The smallest absolute Gasteiger partial charge is 0.290 e. The van der Waals surface area contributed by atoms with Gasteiger partial charge in [-0.15, -0.1) is 0 Å². The molecule has 1 atom stereocenters. The van der Waals surface area contributed by atoms with E-state index in [1.54, 1.807) is 6.08 Å². The van der Waals surface area contributed by atoms with Gasteiger partial charge in [0.25, 0.3) is 11.1 Å². The van der Waals surface area contributed by atoms with E-state index in [0.29, 0.717) is 35.3 Å². The van der Waals surface area contributed by atoms with Crippen LogP contribution in [0.4, 0.5) is 4.79 Å². The van der Waals surface area contributed by atoms with Crippen molar-refractivity contribution in [2.45, 2.75) is 26.2 Å². The lowest BCUT2D eigenvalue weighted by Gasteiger charge is -2.12. The number of benzene rings is 2. The summed E-state index contributed by atoms with van der Waals surface area (Å²) in [6.45, 7) is 5.12. The molecule has 0 aromatic heterocycles. The van der Waals surface area contributed by atoms with E-state index >= 15 is 0 Å². The molecule has 2 amide bonds. The summed E-state index contributed by atoms with van der Waals surface area (Å²) in [4.78, 5) is 23.5. The lowest BCUT2D eigenvalue weighted by Crippen LogP contribution is -2.17. The molecule has 0 aliphatic carbocycles. The fraction of sp³-hybridized carbons (Fsp3) is 0.273. The van der Waals surface area contributed by atoms with Gasteiger partial charge in [-0.1, -0.05) is 41.9 Å². The molecular formula is C22H22BrNO4S. The summed E-state index contributed by atoms with van der Waals surface area (Å²) >= 11 is 4.30. The maximum Gasteiger partial charge on any atom is 0.290 e. The van der Waals surface area contributed by atoms with Gasteiger partial charge in [-0.2, -0.15) is 0 Å². The largest absolute Gasteiger partial charge is 0.490 e. The fourth-order valence-electron chi connectivity index (χ4n) is 2.77. The van der Waals surface area contributed by atoms with Gasteiger partial charge >= 0.3 is 0 Å². The van der Waals surface area contributed by atoms with E-state index in [4.69, 9.17) is 9.47 Å². The van der Waals surface area contributed by atoms with Crippen molar-refractivity contribution in [1.82, 2.24) is 5.32 Å². The van der Waals surface area contributed by atoms with Crippen molar-refractivity contribution in [2.75, 3.05) is 13.2 Å². The third-order valence-electron chi connectivity index (χ3n) is 4.57. The van der Waals surface area contributed by atoms with E-state index < -0.39 is 5.91 Å². The number of ether oxygens (including phenoxy) is 2. The van der Waals surface area contributed by atoms with E-state index in [-0.39, 0.29) is 5.24 Å². The van der Waals surface area contributed by atoms with Crippen LogP contribution in [0.25, 0.3) is 6.08 Å². The summed E-state index contributed by atoms with van der Waals surface area (Å²) in [5.74, 6) is 1.56. The third kappa shape index (κ3) is 5.87. The number of thioether (sulfide) groups is 1. The van der Waals surface area contributed by atoms with Gasteiger partial charge in [0, 0.05) is 10.0 Å². The molecule has 1 N–H and O–H groups in total. The minimum atomic E-state index is -0.393. The van der Waals surface area contributed by atoms with Crippen molar-refractivity contribution in [3.8, 4) is 11.5 Å². The predicted octanol–water partition coefficient (Wildman–Crippen LogP) is 5.74. The van der Waals surface area contributed by atoms with Crippen LogP contribution in [0.3, 0.4) is 0 Å². The molecule has 0 saturated carbocycles. The Morgan fingerprint density at radius 2 is 1.83 bits per heavy atom. The number of halogens is 1. The van der Waals surface area contributed by atoms with E-state index in [2.05, 4.69) is 47.2 Å². The van der Waals surface area contributed by atoms with Crippen LogP contribution in [0.15, 0.2) is 51.8 Å². The monoisotopic (exact) mass is 475 g/mol. The van der Waals surface area contributed by atoms with Crippen LogP contribution in [0.5, 0.6) is 11.5 Å². The number of rotatable bonds is 8. The Hall–Kier alpha value is -2.25. The van der Waals surface area contributed by atoms with Crippen LogP contribution in [0.2, 0.25) is 0 Å². The fourth-order valence-corrected chi connectivity index (χ4v) is 3.82. The second-order valence-electron chi connectivity index (χ2n) is 6.61. The van der Waals surface area contributed by atoms with Gasteiger partial charge in [0.15, 0.2) is 0 Å². The second-order valence-corrected chi connectivity index (χ2v) is 8.54. The molecule has 1 aliphatic heterocycles. The Morgan fingerprint density at radius 3 is 2.48 bits per heavy atom. The van der Waals surface area contributed by atoms with Gasteiger partial charge in [-0.05, 0) is 66.1 Å². The van der Waals surface area contributed by atoms with Crippen LogP contribution < -0.4 is 14.8 Å². The van der Waals surface area contributed by atoms with E-state index in [0.717, 1.165) is 28.4 Å². The lowest BCUT2D eigenvalue weighted by molar-refractivity contribution is -0.115. The molecule has 0 unspecified atom stereocenters. The molecule has 0 bridgehead atoms. The first-order chi connectivity index (χ1) is 14.0. The number of carbonyl (C=O) groups excluding carboxylic acids is 2. The zero-order chi connectivity index (χ0) is 20.8. The van der Waals surface area contributed by atoms with Crippen LogP contribution in [-0.2, 0) is 4.79 Å². The second kappa shape index (κ2) is 9.98. The van der Waals surface area contributed by atoms with Crippen molar-refractivity contribution in [3.05, 3.63) is 63.0 Å². The van der Waals surface area contributed by atoms with Crippen molar-refractivity contribution in [3.63, 3.8) is 0 Å². The summed E-state index contributed by atoms with van der Waals surface area (Å²) in [5, 5.41) is 1.88. The highest BCUT2D eigenvalue weighted by molar-refractivity contribution is 9.10. The minimum Gasteiger partial charge on any atom is -0.490 e. The molecule has 1 fully saturated rings. The molecular weight excluding hydrogens is 454 g/mol. The van der Waals surface area contributed by atoms with Gasteiger partial charge in [-0.25, -0.2) is 0 Å². The Morgan fingerprint density at radius 1 is 1.10 bits per heavy atom. The highest BCUT2D eigenvalue weighted by atomic mass is 79.9. The minimum absolute atomic E-state index is 0.343. The Labute approximate surface area is 183 Å². The van der Waals surface area contributed by atoms with Crippen molar-refractivity contribution >= 4 is 44.9 Å². The predicted molar refractivity (Wildman–Crippen MR) is 119 cm³/mol. The Bertz CT molecular complexity index is 927. The van der Waals surface area contributed by atoms with Crippen molar-refractivity contribution in [1.29, 1.82) is 0 Å². The average molecular weight is 476 g/mol. The number of imide groups is 1. The number of amides is 2. The van der Waals surface area contributed by atoms with Gasteiger partial charge < -0.3 is 9.47 Å². The molecule has 0 radical (unpaired) electrons. The maximum absolute atomic E-state index is 11.8. The first-order valence-electron chi connectivity index (χ1n) is 9.36. The summed E-state index contributed by atoms with van der Waals surface area (Å²) < 4.78 is 12.5. The first-order valence-corrected chi connectivity index (χ1v) is 11.0. The van der Waals surface area contributed by atoms with Gasteiger partial charge in [-0.3, -0.25) is 14.9 Å². The first kappa shape index (κ1) is 21.5. The summed E-state index contributed by atoms with van der Waals surface area (Å²) in [5.41, 5.74) is 2.01. The molecule has 3 rings (SSSR count). The zero-order valence-electron chi connectivity index (χ0n) is 16.2. The molecule has 5 nitrogen and oxygen atoms in total. The Kier molecular flexibility index (Phi) is 7.39. The summed E-state index contributed by atoms with van der Waals surface area (Å²) in [7, 11) is 0. The third-order valence-corrected chi connectivity index (χ3v) is 5.88. The molecule has 2 aromatic carbocycles. The van der Waals surface area contributed by atoms with Crippen LogP contribution in [0, 0.1) is 0 Å². The molecule has 29 heavy (non-hydrogen) atoms. The summed E-state index contributed by atoms with van der Waals surface area (Å²) in [6, 6.07) is 13.7. The number of hydrogen-bond donors (Lipinski definition) is 1. The normalized spacial score (nSPS) is 16.0. The lowest BCUT2D eigenvalue weighted by atomic mass is 9.99. The SMILES string of the molecule is CC[C@H](C)c1ccc(OCCOc2ccc(Br)cc2/C=C2/SC(=O)NC2=O)cc1. The molecule has 152 valence electrons. The topological polar surface area (TPSA) is 64.6 Å². The Balaban J connectivity index is 1.59. The number of hydrogen-bond acceptors (Lipinski definition) is 5.